The summed E-state index contributed by atoms with van der Waals surface area (Å²) < 4.78 is 24.2. The average Bonchev–Trinajstić information content (AvgIpc) is 3.24. The third kappa shape index (κ3) is 4.41. The molecule has 0 saturated carbocycles. The highest BCUT2D eigenvalue weighted by atomic mass is 19.1. The second-order valence-electron chi connectivity index (χ2n) is 6.49. The van der Waals surface area contributed by atoms with E-state index in [1.54, 1.807) is 12.1 Å². The molecule has 4 rings (SSSR count). The number of nitrogens with zero attached hydrogens (tertiary/aromatic N) is 1. The summed E-state index contributed by atoms with van der Waals surface area (Å²) in [5, 5.41) is 0. The number of rotatable bonds is 6. The van der Waals surface area contributed by atoms with Gasteiger partial charge in [-0.15, -0.1) is 0 Å². The third-order valence-electron chi connectivity index (χ3n) is 4.52. The molecule has 1 aromatic heterocycles. The average molecular weight is 387 g/mol. The monoisotopic (exact) mass is 387 g/mol. The standard InChI is InChI=1S/C24H18FNO3/c25-20-13-11-17(12-14-20)21-15-26-22(29-21)16-28-24(27)23(18-7-3-1-4-8-18)19-9-5-2-6-10-19/h1-15,23H,16H2. The minimum atomic E-state index is -0.538. The molecular formula is C24H18FNO3. The van der Waals surface area contributed by atoms with Gasteiger partial charge in [0.15, 0.2) is 12.4 Å². The maximum atomic E-state index is 13.1. The van der Waals surface area contributed by atoms with Crippen molar-refractivity contribution in [2.75, 3.05) is 0 Å². The lowest BCUT2D eigenvalue weighted by Crippen LogP contribution is -2.17. The van der Waals surface area contributed by atoms with Crippen molar-refractivity contribution in [1.82, 2.24) is 4.98 Å². The summed E-state index contributed by atoms with van der Waals surface area (Å²) in [6.45, 7) is -0.0871. The molecule has 4 aromatic rings. The Kier molecular flexibility index (Phi) is 5.47. The fourth-order valence-electron chi connectivity index (χ4n) is 3.10. The van der Waals surface area contributed by atoms with Gasteiger partial charge in [-0.2, -0.15) is 0 Å². The molecule has 144 valence electrons. The molecule has 0 atom stereocenters. The molecule has 3 aromatic carbocycles. The van der Waals surface area contributed by atoms with E-state index in [4.69, 9.17) is 9.15 Å². The van der Waals surface area contributed by atoms with E-state index in [1.807, 2.05) is 60.7 Å². The van der Waals surface area contributed by atoms with Crippen LogP contribution in [0.1, 0.15) is 22.9 Å². The van der Waals surface area contributed by atoms with Crippen LogP contribution in [-0.2, 0) is 16.1 Å². The second kappa shape index (κ2) is 8.52. The summed E-state index contributed by atoms with van der Waals surface area (Å²) in [6.07, 6.45) is 1.53. The van der Waals surface area contributed by atoms with E-state index >= 15 is 0 Å². The van der Waals surface area contributed by atoms with Gasteiger partial charge >= 0.3 is 5.97 Å². The fourth-order valence-corrected chi connectivity index (χ4v) is 3.10. The Morgan fingerprint density at radius 2 is 1.48 bits per heavy atom. The van der Waals surface area contributed by atoms with E-state index in [0.717, 1.165) is 11.1 Å². The predicted molar refractivity (Wildman–Crippen MR) is 106 cm³/mol. The SMILES string of the molecule is O=C(OCc1ncc(-c2ccc(F)cc2)o1)C(c1ccccc1)c1ccccc1. The van der Waals surface area contributed by atoms with Crippen LogP contribution in [0.3, 0.4) is 0 Å². The first-order chi connectivity index (χ1) is 14.2. The van der Waals surface area contributed by atoms with Crippen molar-refractivity contribution in [3.8, 4) is 11.3 Å². The molecule has 0 aliphatic carbocycles. The minimum absolute atomic E-state index is 0.0871. The Balaban J connectivity index is 1.49. The van der Waals surface area contributed by atoms with Gasteiger partial charge in [0.05, 0.1) is 6.20 Å². The lowest BCUT2D eigenvalue weighted by molar-refractivity contribution is -0.146. The molecule has 0 aliphatic heterocycles. The molecule has 0 aliphatic rings. The number of carbonyl (C=O) groups excluding carboxylic acids is 1. The molecule has 0 saturated heterocycles. The first-order valence-electron chi connectivity index (χ1n) is 9.18. The first kappa shape index (κ1) is 18.6. The number of oxazole rings is 1. The summed E-state index contributed by atoms with van der Waals surface area (Å²) in [7, 11) is 0. The molecule has 5 heteroatoms. The molecule has 4 nitrogen and oxygen atoms in total. The van der Waals surface area contributed by atoms with Crippen molar-refractivity contribution in [2.45, 2.75) is 12.5 Å². The van der Waals surface area contributed by atoms with Crippen molar-refractivity contribution in [3.05, 3.63) is 114 Å². The number of benzene rings is 3. The zero-order valence-corrected chi connectivity index (χ0v) is 15.5. The molecule has 1 heterocycles. The number of carbonyl (C=O) groups is 1. The van der Waals surface area contributed by atoms with E-state index in [9.17, 15) is 9.18 Å². The largest absolute Gasteiger partial charge is 0.455 e. The van der Waals surface area contributed by atoms with Crippen molar-refractivity contribution < 1.29 is 18.3 Å². The second-order valence-corrected chi connectivity index (χ2v) is 6.49. The number of halogens is 1. The number of aromatic nitrogens is 1. The van der Waals surface area contributed by atoms with Gasteiger partial charge in [-0.25, -0.2) is 9.37 Å². The fraction of sp³-hybridized carbons (Fsp3) is 0.0833. The molecule has 29 heavy (non-hydrogen) atoms. The Morgan fingerprint density at radius 3 is 2.07 bits per heavy atom. The highest BCUT2D eigenvalue weighted by molar-refractivity contribution is 5.82. The molecule has 0 bridgehead atoms. The van der Waals surface area contributed by atoms with E-state index in [2.05, 4.69) is 4.98 Å². The first-order valence-corrected chi connectivity index (χ1v) is 9.18. The molecule has 0 unspecified atom stereocenters. The smallest absolute Gasteiger partial charge is 0.318 e. The Morgan fingerprint density at radius 1 is 0.897 bits per heavy atom. The van der Waals surface area contributed by atoms with Crippen LogP contribution in [0.2, 0.25) is 0 Å². The van der Waals surface area contributed by atoms with E-state index in [1.165, 1.54) is 18.3 Å². The van der Waals surface area contributed by atoms with Crippen LogP contribution < -0.4 is 0 Å². The summed E-state index contributed by atoms with van der Waals surface area (Å²) in [5.74, 6) is -0.487. The van der Waals surface area contributed by atoms with Crippen LogP contribution in [0.15, 0.2) is 95.5 Å². The van der Waals surface area contributed by atoms with Crippen molar-refractivity contribution in [1.29, 1.82) is 0 Å². The summed E-state index contributed by atoms with van der Waals surface area (Å²) in [6, 6.07) is 24.9. The zero-order valence-electron chi connectivity index (χ0n) is 15.5. The van der Waals surface area contributed by atoms with Crippen LogP contribution in [0, 0.1) is 5.82 Å². The van der Waals surface area contributed by atoms with Gasteiger partial charge in [0.2, 0.25) is 5.89 Å². The molecule has 0 radical (unpaired) electrons. The zero-order chi connectivity index (χ0) is 20.1. The van der Waals surface area contributed by atoms with Crippen LogP contribution in [0.25, 0.3) is 11.3 Å². The maximum absolute atomic E-state index is 13.1. The van der Waals surface area contributed by atoms with Crippen LogP contribution >= 0.6 is 0 Å². The van der Waals surface area contributed by atoms with Gasteiger partial charge in [0, 0.05) is 5.56 Å². The van der Waals surface area contributed by atoms with Gasteiger partial charge in [-0.05, 0) is 35.4 Å². The molecule has 0 amide bonds. The predicted octanol–water partition coefficient (Wildman–Crippen LogP) is 5.36. The van der Waals surface area contributed by atoms with E-state index in [0.29, 0.717) is 11.3 Å². The topological polar surface area (TPSA) is 52.3 Å². The molecule has 0 N–H and O–H groups in total. The number of ether oxygens (including phenoxy) is 1. The van der Waals surface area contributed by atoms with Gasteiger partial charge in [-0.3, -0.25) is 4.79 Å². The van der Waals surface area contributed by atoms with Crippen molar-refractivity contribution >= 4 is 5.97 Å². The van der Waals surface area contributed by atoms with E-state index < -0.39 is 5.92 Å². The number of esters is 1. The normalized spacial score (nSPS) is 10.8. The van der Waals surface area contributed by atoms with Gasteiger partial charge in [0.1, 0.15) is 11.7 Å². The van der Waals surface area contributed by atoms with Gasteiger partial charge in [-0.1, -0.05) is 60.7 Å². The quantitative estimate of drug-likeness (QED) is 0.418. The highest BCUT2D eigenvalue weighted by Crippen LogP contribution is 2.27. The van der Waals surface area contributed by atoms with Crippen LogP contribution in [0.5, 0.6) is 0 Å². The Labute approximate surface area is 167 Å². The Bertz CT molecular complexity index is 1040. The van der Waals surface area contributed by atoms with Gasteiger partial charge in [0.25, 0.3) is 0 Å². The highest BCUT2D eigenvalue weighted by Gasteiger charge is 2.24. The maximum Gasteiger partial charge on any atom is 0.318 e. The summed E-state index contributed by atoms with van der Waals surface area (Å²) in [4.78, 5) is 17.1. The number of hydrogen-bond donors (Lipinski definition) is 0. The van der Waals surface area contributed by atoms with Crippen molar-refractivity contribution in [3.63, 3.8) is 0 Å². The lowest BCUT2D eigenvalue weighted by atomic mass is 9.91. The van der Waals surface area contributed by atoms with E-state index in [-0.39, 0.29) is 24.3 Å². The van der Waals surface area contributed by atoms with Crippen molar-refractivity contribution in [2.24, 2.45) is 0 Å². The van der Waals surface area contributed by atoms with Crippen LogP contribution in [-0.4, -0.2) is 11.0 Å². The van der Waals surface area contributed by atoms with Gasteiger partial charge < -0.3 is 9.15 Å². The minimum Gasteiger partial charge on any atom is -0.455 e. The summed E-state index contributed by atoms with van der Waals surface area (Å²) >= 11 is 0. The molecule has 0 spiro atoms. The molecule has 0 fully saturated rings. The van der Waals surface area contributed by atoms with Crippen LogP contribution in [0.4, 0.5) is 4.39 Å². The molecular weight excluding hydrogens is 369 g/mol. The number of hydrogen-bond acceptors (Lipinski definition) is 4. The summed E-state index contributed by atoms with van der Waals surface area (Å²) in [5.41, 5.74) is 2.40. The third-order valence-corrected chi connectivity index (χ3v) is 4.52. The Hall–Kier alpha value is -3.73. The lowest BCUT2D eigenvalue weighted by Gasteiger charge is -2.16.